The fourth-order valence-electron chi connectivity index (χ4n) is 1.16. The van der Waals surface area contributed by atoms with Gasteiger partial charge in [-0.25, -0.2) is 0 Å². The molecule has 0 saturated heterocycles. The van der Waals surface area contributed by atoms with Gasteiger partial charge >= 0.3 is 0 Å². The summed E-state index contributed by atoms with van der Waals surface area (Å²) in [5, 5.41) is 0. The van der Waals surface area contributed by atoms with Gasteiger partial charge in [-0.2, -0.15) is 0 Å². The van der Waals surface area contributed by atoms with Gasteiger partial charge in [0.1, 0.15) is 0 Å². The van der Waals surface area contributed by atoms with E-state index in [0.717, 1.165) is 19.8 Å². The van der Waals surface area contributed by atoms with Crippen LogP contribution in [-0.4, -0.2) is 0 Å². The first-order chi connectivity index (χ1) is 6.58. The van der Waals surface area contributed by atoms with Crippen molar-refractivity contribution in [2.45, 2.75) is 13.8 Å². The first kappa shape index (κ1) is 10.5. The standard InChI is InChI=1S/C10H8Cl2S2/c1-5-3-7(13-9(5)11)8-4-6(2)10(12)14-8/h3-4H,1-2H3. The molecule has 0 unspecified atom stereocenters. The first-order valence-corrected chi connectivity index (χ1v) is 6.49. The lowest BCUT2D eigenvalue weighted by atomic mass is 10.3. The third-order valence-corrected chi connectivity index (χ3v) is 5.26. The summed E-state index contributed by atoms with van der Waals surface area (Å²) in [6, 6.07) is 4.21. The lowest BCUT2D eigenvalue weighted by Gasteiger charge is -1.86. The summed E-state index contributed by atoms with van der Waals surface area (Å²) in [6.07, 6.45) is 0. The molecule has 0 aliphatic rings. The predicted octanol–water partition coefficient (Wildman–Crippen LogP) is 5.40. The maximum Gasteiger partial charge on any atom is 0.0964 e. The molecule has 0 atom stereocenters. The average molecular weight is 263 g/mol. The summed E-state index contributed by atoms with van der Waals surface area (Å²) in [5.41, 5.74) is 2.27. The highest BCUT2D eigenvalue weighted by atomic mass is 35.5. The molecule has 0 N–H and O–H groups in total. The first-order valence-electron chi connectivity index (χ1n) is 4.10. The molecule has 0 saturated carbocycles. The van der Waals surface area contributed by atoms with E-state index < -0.39 is 0 Å². The van der Waals surface area contributed by atoms with Crippen LogP contribution in [-0.2, 0) is 0 Å². The summed E-state index contributed by atoms with van der Waals surface area (Å²) in [4.78, 5) is 2.40. The van der Waals surface area contributed by atoms with E-state index in [-0.39, 0.29) is 0 Å². The number of rotatable bonds is 1. The van der Waals surface area contributed by atoms with Crippen LogP contribution in [0.3, 0.4) is 0 Å². The normalized spacial score (nSPS) is 10.9. The SMILES string of the molecule is Cc1cc(-c2cc(C)c(Cl)s2)sc1Cl. The molecule has 0 nitrogen and oxygen atoms in total. The summed E-state index contributed by atoms with van der Waals surface area (Å²) in [5.74, 6) is 0. The number of halogens is 2. The minimum atomic E-state index is 0.863. The van der Waals surface area contributed by atoms with Crippen LogP contribution in [0.1, 0.15) is 11.1 Å². The Morgan fingerprint density at radius 1 is 0.857 bits per heavy atom. The van der Waals surface area contributed by atoms with Crippen LogP contribution in [0, 0.1) is 13.8 Å². The third kappa shape index (κ3) is 1.84. The van der Waals surface area contributed by atoms with Gasteiger partial charge in [-0.1, -0.05) is 23.2 Å². The van der Waals surface area contributed by atoms with Gasteiger partial charge in [0.05, 0.1) is 8.67 Å². The number of thiophene rings is 2. The molecule has 4 heteroatoms. The second-order valence-corrected chi connectivity index (χ2v) is 6.44. The maximum atomic E-state index is 6.02. The Bertz CT molecular complexity index is 385. The Morgan fingerprint density at radius 2 is 1.21 bits per heavy atom. The van der Waals surface area contributed by atoms with Gasteiger partial charge in [0, 0.05) is 9.75 Å². The highest BCUT2D eigenvalue weighted by Gasteiger charge is 2.09. The third-order valence-electron chi connectivity index (χ3n) is 1.96. The van der Waals surface area contributed by atoms with Crippen molar-refractivity contribution in [3.8, 4) is 9.75 Å². The average Bonchev–Trinajstić information content (AvgIpc) is 2.60. The van der Waals surface area contributed by atoms with Crippen molar-refractivity contribution in [1.29, 1.82) is 0 Å². The van der Waals surface area contributed by atoms with Crippen LogP contribution < -0.4 is 0 Å². The summed E-state index contributed by atoms with van der Waals surface area (Å²) in [6.45, 7) is 4.04. The monoisotopic (exact) mass is 262 g/mol. The van der Waals surface area contributed by atoms with E-state index in [1.165, 1.54) is 9.75 Å². The fraction of sp³-hybridized carbons (Fsp3) is 0.200. The molecule has 0 fully saturated rings. The van der Waals surface area contributed by atoms with E-state index in [0.29, 0.717) is 0 Å². The van der Waals surface area contributed by atoms with E-state index in [1.807, 2.05) is 13.8 Å². The molecule has 0 aromatic carbocycles. The minimum absolute atomic E-state index is 0.863. The Balaban J connectivity index is 2.49. The van der Waals surface area contributed by atoms with Crippen LogP contribution in [0.5, 0.6) is 0 Å². The summed E-state index contributed by atoms with van der Waals surface area (Å²) in [7, 11) is 0. The molecule has 2 aromatic heterocycles. The molecule has 0 aliphatic heterocycles. The Kier molecular flexibility index (Phi) is 2.89. The van der Waals surface area contributed by atoms with Crippen molar-refractivity contribution < 1.29 is 0 Å². The van der Waals surface area contributed by atoms with Gasteiger partial charge < -0.3 is 0 Å². The molecule has 0 spiro atoms. The van der Waals surface area contributed by atoms with Gasteiger partial charge in [-0.05, 0) is 37.1 Å². The van der Waals surface area contributed by atoms with E-state index in [4.69, 9.17) is 23.2 Å². The van der Waals surface area contributed by atoms with Gasteiger partial charge in [0.15, 0.2) is 0 Å². The summed E-state index contributed by atoms with van der Waals surface area (Å²) >= 11 is 15.2. The van der Waals surface area contributed by atoms with Crippen molar-refractivity contribution in [1.82, 2.24) is 0 Å². The second-order valence-electron chi connectivity index (χ2n) is 3.13. The van der Waals surface area contributed by atoms with Crippen LogP contribution in [0.25, 0.3) is 9.75 Å². The number of aryl methyl sites for hydroxylation is 2. The Labute approximate surface area is 101 Å². The molecule has 2 heterocycles. The topological polar surface area (TPSA) is 0 Å². The molecule has 14 heavy (non-hydrogen) atoms. The van der Waals surface area contributed by atoms with Crippen molar-refractivity contribution >= 4 is 45.9 Å². The van der Waals surface area contributed by atoms with E-state index >= 15 is 0 Å². The quantitative estimate of drug-likeness (QED) is 0.646. The van der Waals surface area contributed by atoms with Crippen molar-refractivity contribution in [3.05, 3.63) is 31.9 Å². The van der Waals surface area contributed by atoms with Crippen LogP contribution in [0.2, 0.25) is 8.67 Å². The highest BCUT2D eigenvalue weighted by molar-refractivity contribution is 7.25. The fourth-order valence-corrected chi connectivity index (χ4v) is 3.64. The Morgan fingerprint density at radius 3 is 1.43 bits per heavy atom. The highest BCUT2D eigenvalue weighted by Crippen LogP contribution is 2.40. The second kappa shape index (κ2) is 3.86. The molecule has 0 amide bonds. The van der Waals surface area contributed by atoms with Crippen LogP contribution in [0.4, 0.5) is 0 Å². The van der Waals surface area contributed by atoms with E-state index in [1.54, 1.807) is 22.7 Å². The smallest absolute Gasteiger partial charge is 0.0964 e. The zero-order valence-corrected chi connectivity index (χ0v) is 10.9. The van der Waals surface area contributed by atoms with Crippen LogP contribution >= 0.6 is 45.9 Å². The zero-order valence-electron chi connectivity index (χ0n) is 7.73. The molecule has 2 aromatic rings. The molecular formula is C10H8Cl2S2. The van der Waals surface area contributed by atoms with Crippen LogP contribution in [0.15, 0.2) is 12.1 Å². The Hall–Kier alpha value is -0.0200. The minimum Gasteiger partial charge on any atom is -0.122 e. The predicted molar refractivity (Wildman–Crippen MR) is 67.1 cm³/mol. The van der Waals surface area contributed by atoms with Gasteiger partial charge in [0.2, 0.25) is 0 Å². The molecule has 74 valence electrons. The van der Waals surface area contributed by atoms with E-state index in [2.05, 4.69) is 12.1 Å². The molecular weight excluding hydrogens is 255 g/mol. The molecule has 0 aliphatic carbocycles. The summed E-state index contributed by atoms with van der Waals surface area (Å²) < 4.78 is 1.73. The number of hydrogen-bond acceptors (Lipinski definition) is 2. The van der Waals surface area contributed by atoms with Gasteiger partial charge in [0.25, 0.3) is 0 Å². The molecule has 0 bridgehead atoms. The lowest BCUT2D eigenvalue weighted by Crippen LogP contribution is -1.61. The maximum absolute atomic E-state index is 6.02. The number of hydrogen-bond donors (Lipinski definition) is 0. The largest absolute Gasteiger partial charge is 0.122 e. The van der Waals surface area contributed by atoms with Crippen molar-refractivity contribution in [2.75, 3.05) is 0 Å². The molecule has 2 rings (SSSR count). The molecule has 0 radical (unpaired) electrons. The van der Waals surface area contributed by atoms with Crippen molar-refractivity contribution in [3.63, 3.8) is 0 Å². The van der Waals surface area contributed by atoms with E-state index in [9.17, 15) is 0 Å². The van der Waals surface area contributed by atoms with Crippen molar-refractivity contribution in [2.24, 2.45) is 0 Å². The van der Waals surface area contributed by atoms with Gasteiger partial charge in [-0.3, -0.25) is 0 Å². The zero-order chi connectivity index (χ0) is 10.3. The lowest BCUT2D eigenvalue weighted by molar-refractivity contribution is 1.54. The van der Waals surface area contributed by atoms with Gasteiger partial charge in [-0.15, -0.1) is 22.7 Å².